The van der Waals surface area contributed by atoms with Crippen molar-refractivity contribution >= 4 is 23.9 Å². The second-order valence-corrected chi connectivity index (χ2v) is 3.92. The van der Waals surface area contributed by atoms with Crippen LogP contribution in [0.25, 0.3) is 0 Å². The molecule has 0 fully saturated rings. The Morgan fingerprint density at radius 2 is 0.875 bits per heavy atom. The van der Waals surface area contributed by atoms with E-state index in [-0.39, 0.29) is 37.2 Å². The van der Waals surface area contributed by atoms with E-state index in [0.29, 0.717) is 0 Å². The number of hydrogen-bond donors (Lipinski definition) is 6. The summed E-state index contributed by atoms with van der Waals surface area (Å²) in [7, 11) is 0. The Balaban J connectivity index is 0. The fourth-order valence-corrected chi connectivity index (χ4v) is 0.969. The number of rotatable bonds is 6. The number of aromatic carboxylic acids is 2. The Morgan fingerprint density at radius 3 is 1.00 bits per heavy atom. The summed E-state index contributed by atoms with van der Waals surface area (Å²) in [4.78, 5) is 40.0. The second-order valence-electron chi connectivity index (χ2n) is 3.92. The Labute approximate surface area is 136 Å². The Kier molecular flexibility index (Phi) is 13.3. The average Bonchev–Trinajstić information content (AvgIpc) is 2.53. The first-order valence-corrected chi connectivity index (χ1v) is 6.37. The first-order chi connectivity index (χ1) is 11.1. The van der Waals surface area contributed by atoms with E-state index in [4.69, 9.17) is 30.6 Å². The largest absolute Gasteiger partial charge is 0.481 e. The molecule has 0 atom stereocenters. The molecule has 0 saturated carbocycles. The highest BCUT2D eigenvalue weighted by molar-refractivity contribution is 5.91. The number of aliphatic hydroxyl groups excluding tert-OH is 2. The summed E-state index contributed by atoms with van der Waals surface area (Å²) in [6, 6.07) is 5.02. The van der Waals surface area contributed by atoms with Gasteiger partial charge in [0.25, 0.3) is 0 Å². The second kappa shape index (κ2) is 13.7. The molecule has 1 rings (SSSR count). The molecule has 1 aromatic carbocycles. The molecular weight excluding hydrogens is 328 g/mol. The molecule has 10 nitrogen and oxygen atoms in total. The molecule has 24 heavy (non-hydrogen) atoms. The van der Waals surface area contributed by atoms with Crippen molar-refractivity contribution in [1.82, 2.24) is 0 Å². The number of aliphatic hydroxyl groups is 2. The zero-order valence-electron chi connectivity index (χ0n) is 12.5. The summed E-state index contributed by atoms with van der Waals surface area (Å²) in [6.45, 7) is -0.250. The van der Waals surface area contributed by atoms with Crippen molar-refractivity contribution in [3.8, 4) is 0 Å². The molecule has 0 aromatic heterocycles. The van der Waals surface area contributed by atoms with Gasteiger partial charge in [0.2, 0.25) is 0 Å². The Bertz CT molecular complexity index is 486. The lowest BCUT2D eigenvalue weighted by Gasteiger charge is -1.94. The average molecular weight is 346 g/mol. The van der Waals surface area contributed by atoms with Crippen LogP contribution in [0.2, 0.25) is 0 Å². The van der Waals surface area contributed by atoms with Crippen molar-refractivity contribution in [3.63, 3.8) is 0 Å². The van der Waals surface area contributed by atoms with Crippen LogP contribution in [0, 0.1) is 0 Å². The van der Waals surface area contributed by atoms with Crippen molar-refractivity contribution < 1.29 is 49.8 Å². The van der Waals surface area contributed by atoms with E-state index >= 15 is 0 Å². The molecule has 0 amide bonds. The van der Waals surface area contributed by atoms with Gasteiger partial charge in [-0.25, -0.2) is 9.59 Å². The monoisotopic (exact) mass is 346 g/mol. The predicted octanol–water partition coefficient (Wildman–Crippen LogP) is -0.0102. The zero-order chi connectivity index (χ0) is 19.1. The standard InChI is InChI=1S/C8H6O4.C4H6O4.C2H6O2/c9-7(10)5-1-2-6(4-3-5)8(11)12;5-3(6)1-2-4(7)8;3-1-2-4/h1-4H,(H,9,10)(H,11,12);1-2H2,(H,5,6)(H,7,8);3-4H,1-2H2. The Morgan fingerprint density at radius 1 is 0.625 bits per heavy atom. The first kappa shape index (κ1) is 23.3. The molecule has 1 aromatic rings. The van der Waals surface area contributed by atoms with Crippen LogP contribution in [-0.4, -0.2) is 67.7 Å². The highest BCUT2D eigenvalue weighted by atomic mass is 16.4. The van der Waals surface area contributed by atoms with Crippen LogP contribution in [0.15, 0.2) is 24.3 Å². The third-order valence-corrected chi connectivity index (χ3v) is 2.03. The lowest BCUT2D eigenvalue weighted by Crippen LogP contribution is -2.00. The molecule has 0 bridgehead atoms. The summed E-state index contributed by atoms with van der Waals surface area (Å²) in [6.07, 6.45) is -0.593. The van der Waals surface area contributed by atoms with Gasteiger partial charge in [-0.1, -0.05) is 0 Å². The molecule has 134 valence electrons. The van der Waals surface area contributed by atoms with Crippen LogP contribution in [0.5, 0.6) is 0 Å². The van der Waals surface area contributed by atoms with Crippen LogP contribution >= 0.6 is 0 Å². The highest BCUT2D eigenvalue weighted by Crippen LogP contribution is 2.03. The van der Waals surface area contributed by atoms with Crippen LogP contribution in [0.1, 0.15) is 33.6 Å². The van der Waals surface area contributed by atoms with E-state index in [2.05, 4.69) is 0 Å². The maximum atomic E-state index is 10.3. The van der Waals surface area contributed by atoms with E-state index in [1.807, 2.05) is 0 Å². The van der Waals surface area contributed by atoms with Crippen LogP contribution < -0.4 is 0 Å². The molecule has 0 aliphatic carbocycles. The topological polar surface area (TPSA) is 190 Å². The van der Waals surface area contributed by atoms with Crippen LogP contribution in [-0.2, 0) is 9.59 Å². The quantitative estimate of drug-likeness (QED) is 0.408. The van der Waals surface area contributed by atoms with Gasteiger partial charge in [-0.05, 0) is 24.3 Å². The van der Waals surface area contributed by atoms with Gasteiger partial charge in [0, 0.05) is 0 Å². The minimum atomic E-state index is -1.08. The van der Waals surface area contributed by atoms with Crippen molar-refractivity contribution in [2.45, 2.75) is 12.8 Å². The van der Waals surface area contributed by atoms with E-state index in [1.165, 1.54) is 24.3 Å². The SMILES string of the molecule is O=C(O)CCC(=O)O.O=C(O)c1ccc(C(=O)O)cc1.OCCO. The molecule has 0 spiro atoms. The van der Waals surface area contributed by atoms with Crippen LogP contribution in [0.3, 0.4) is 0 Å². The van der Waals surface area contributed by atoms with Gasteiger partial charge < -0.3 is 30.6 Å². The van der Waals surface area contributed by atoms with Gasteiger partial charge in [0.15, 0.2) is 0 Å². The zero-order valence-corrected chi connectivity index (χ0v) is 12.5. The van der Waals surface area contributed by atoms with Crippen LogP contribution in [0.4, 0.5) is 0 Å². The molecule has 0 unspecified atom stereocenters. The van der Waals surface area contributed by atoms with Gasteiger partial charge in [-0.2, -0.15) is 0 Å². The van der Waals surface area contributed by atoms with Crippen molar-refractivity contribution in [3.05, 3.63) is 35.4 Å². The number of carbonyl (C=O) groups is 4. The summed E-state index contributed by atoms with van der Waals surface area (Å²) in [5.41, 5.74) is 0.167. The summed E-state index contributed by atoms with van der Waals surface area (Å²) < 4.78 is 0. The Hall–Kier alpha value is -2.98. The molecule has 10 heteroatoms. The maximum Gasteiger partial charge on any atom is 0.335 e. The third-order valence-electron chi connectivity index (χ3n) is 2.03. The van der Waals surface area contributed by atoms with Gasteiger partial charge in [-0.15, -0.1) is 0 Å². The number of carboxylic acid groups (broad SMARTS) is 4. The molecule has 0 radical (unpaired) electrons. The summed E-state index contributed by atoms with van der Waals surface area (Å²) in [5, 5.41) is 48.0. The van der Waals surface area contributed by atoms with Crippen molar-refractivity contribution in [2.75, 3.05) is 13.2 Å². The van der Waals surface area contributed by atoms with Crippen molar-refractivity contribution in [1.29, 1.82) is 0 Å². The summed E-state index contributed by atoms with van der Waals surface area (Å²) in [5.74, 6) is -4.28. The van der Waals surface area contributed by atoms with Gasteiger partial charge in [0.05, 0.1) is 37.2 Å². The minimum absolute atomic E-state index is 0.0833. The van der Waals surface area contributed by atoms with Gasteiger partial charge >= 0.3 is 23.9 Å². The van der Waals surface area contributed by atoms with E-state index in [1.54, 1.807) is 0 Å². The lowest BCUT2D eigenvalue weighted by atomic mass is 10.1. The molecule has 0 aliphatic heterocycles. The smallest absolute Gasteiger partial charge is 0.335 e. The molecular formula is C14H18O10. The number of carboxylic acids is 4. The fourth-order valence-electron chi connectivity index (χ4n) is 0.969. The molecule has 0 aliphatic rings. The highest BCUT2D eigenvalue weighted by Gasteiger charge is 2.04. The number of benzene rings is 1. The predicted molar refractivity (Wildman–Crippen MR) is 79.0 cm³/mol. The van der Waals surface area contributed by atoms with Gasteiger partial charge in [0.1, 0.15) is 0 Å². The molecule has 0 saturated heterocycles. The number of hydrogen-bond acceptors (Lipinski definition) is 6. The third kappa shape index (κ3) is 14.0. The maximum absolute atomic E-state index is 10.3. The number of aliphatic carboxylic acids is 2. The van der Waals surface area contributed by atoms with E-state index in [0.717, 1.165) is 0 Å². The first-order valence-electron chi connectivity index (χ1n) is 6.37. The van der Waals surface area contributed by atoms with E-state index < -0.39 is 23.9 Å². The summed E-state index contributed by atoms with van der Waals surface area (Å²) >= 11 is 0. The van der Waals surface area contributed by atoms with E-state index in [9.17, 15) is 19.2 Å². The lowest BCUT2D eigenvalue weighted by molar-refractivity contribution is -0.143. The fraction of sp³-hybridized carbons (Fsp3) is 0.286. The molecule has 0 heterocycles. The van der Waals surface area contributed by atoms with Gasteiger partial charge in [-0.3, -0.25) is 9.59 Å². The minimum Gasteiger partial charge on any atom is -0.481 e. The van der Waals surface area contributed by atoms with Crippen molar-refractivity contribution in [2.24, 2.45) is 0 Å². The molecule has 6 N–H and O–H groups in total. The normalized spacial score (nSPS) is 8.75.